The first-order valence-electron chi connectivity index (χ1n) is 9.07. The van der Waals surface area contributed by atoms with E-state index in [0.29, 0.717) is 39.1 Å². The molecule has 1 N–H and O–H groups in total. The molecule has 1 fully saturated rings. The van der Waals surface area contributed by atoms with Crippen molar-refractivity contribution in [2.45, 2.75) is 32.2 Å². The average molecular weight is 379 g/mol. The molecule has 0 saturated carbocycles. The molecule has 0 aliphatic carbocycles. The second-order valence-electron chi connectivity index (χ2n) is 6.62. The molecule has 0 radical (unpaired) electrons. The summed E-state index contributed by atoms with van der Waals surface area (Å²) in [7, 11) is 0. The van der Waals surface area contributed by atoms with Gasteiger partial charge < -0.3 is 14.7 Å². The lowest BCUT2D eigenvalue weighted by Crippen LogP contribution is -2.52. The summed E-state index contributed by atoms with van der Waals surface area (Å²) in [5.41, 5.74) is 1.24. The maximum atomic E-state index is 12.6. The zero-order valence-corrected chi connectivity index (χ0v) is 15.8. The maximum absolute atomic E-state index is 12.6. The number of hydrogen-bond acceptors (Lipinski definition) is 6. The highest BCUT2D eigenvalue weighted by Gasteiger charge is 2.38. The highest BCUT2D eigenvalue weighted by Crippen LogP contribution is 2.30. The number of likely N-dealkylation sites (tertiary alicyclic amines) is 1. The Kier molecular flexibility index (Phi) is 6.26. The average Bonchev–Trinajstić information content (AvgIpc) is 3.18. The van der Waals surface area contributed by atoms with Crippen LogP contribution in [-0.4, -0.2) is 70.8 Å². The Balaban J connectivity index is 1.69. The van der Waals surface area contributed by atoms with Gasteiger partial charge in [-0.1, -0.05) is 6.08 Å². The number of thiazole rings is 1. The van der Waals surface area contributed by atoms with Crippen molar-refractivity contribution in [1.29, 1.82) is 0 Å². The quantitative estimate of drug-likeness (QED) is 0.792. The first-order chi connectivity index (χ1) is 12.6. The highest BCUT2D eigenvalue weighted by atomic mass is 32.1. The van der Waals surface area contributed by atoms with Crippen LogP contribution in [-0.2, 0) is 9.53 Å². The minimum atomic E-state index is -0.884. The number of carbonyl (C=O) groups excluding carboxylic acids is 1. The van der Waals surface area contributed by atoms with E-state index in [2.05, 4.69) is 16.0 Å². The first kappa shape index (κ1) is 18.8. The minimum Gasteiger partial charge on any atom is -0.465 e. The summed E-state index contributed by atoms with van der Waals surface area (Å²) in [5.74, 6) is -0.0631. The van der Waals surface area contributed by atoms with Gasteiger partial charge in [0.25, 0.3) is 0 Å². The van der Waals surface area contributed by atoms with Crippen molar-refractivity contribution in [3.8, 4) is 0 Å². The molecule has 142 valence electrons. The number of amides is 1. The van der Waals surface area contributed by atoms with Gasteiger partial charge in [-0.2, -0.15) is 0 Å². The lowest BCUT2D eigenvalue weighted by molar-refractivity contribution is -0.152. The van der Waals surface area contributed by atoms with Gasteiger partial charge in [-0.15, -0.1) is 11.3 Å². The van der Waals surface area contributed by atoms with E-state index in [1.165, 1.54) is 10.5 Å². The topological polar surface area (TPSA) is 83.0 Å². The highest BCUT2D eigenvalue weighted by molar-refractivity contribution is 7.10. The third kappa shape index (κ3) is 4.24. The minimum absolute atomic E-state index is 0.125. The largest absolute Gasteiger partial charge is 0.465 e. The third-order valence-electron chi connectivity index (χ3n) is 5.13. The van der Waals surface area contributed by atoms with Crippen LogP contribution >= 0.6 is 11.3 Å². The number of ether oxygens (including phenoxy) is 1. The number of nitrogens with zero attached hydrogens (tertiary/aromatic N) is 3. The monoisotopic (exact) mass is 379 g/mol. The van der Waals surface area contributed by atoms with Gasteiger partial charge in [0, 0.05) is 37.8 Å². The predicted molar refractivity (Wildman–Crippen MR) is 99.0 cm³/mol. The molecule has 1 aromatic heterocycles. The van der Waals surface area contributed by atoms with E-state index in [9.17, 15) is 9.59 Å². The fourth-order valence-corrected chi connectivity index (χ4v) is 4.50. The summed E-state index contributed by atoms with van der Waals surface area (Å²) in [5, 5.41) is 12.2. The lowest BCUT2D eigenvalue weighted by atomic mass is 9.87. The van der Waals surface area contributed by atoms with E-state index >= 15 is 0 Å². The Hall–Kier alpha value is -1.93. The lowest BCUT2D eigenvalue weighted by Gasteiger charge is -2.40. The van der Waals surface area contributed by atoms with Crippen LogP contribution in [0.5, 0.6) is 0 Å². The van der Waals surface area contributed by atoms with Crippen molar-refractivity contribution in [2.24, 2.45) is 5.92 Å². The van der Waals surface area contributed by atoms with Crippen LogP contribution in [0, 0.1) is 5.92 Å². The normalized spacial score (nSPS) is 20.5. The first-order valence-corrected chi connectivity index (χ1v) is 9.95. The standard InChI is InChI=1S/C18H25N3O4S/c1-2-25-17(22)15(13-3-10-21(11-4-13)18(23)24)20-8-5-14(6-9-20)16-19-7-12-26-16/h5,7,12-13,15H,2-4,6,8-11H2,1H3,(H,23,24). The molecule has 0 bridgehead atoms. The molecule has 8 heteroatoms. The van der Waals surface area contributed by atoms with Crippen LogP contribution in [0.4, 0.5) is 4.79 Å². The summed E-state index contributed by atoms with van der Waals surface area (Å²) in [6, 6.07) is -0.306. The van der Waals surface area contributed by atoms with Gasteiger partial charge in [-0.3, -0.25) is 9.69 Å². The van der Waals surface area contributed by atoms with Gasteiger partial charge in [0.15, 0.2) is 0 Å². The van der Waals surface area contributed by atoms with Crippen LogP contribution in [0.1, 0.15) is 31.2 Å². The molecule has 3 rings (SSSR count). The fourth-order valence-electron chi connectivity index (χ4n) is 3.79. The van der Waals surface area contributed by atoms with Crippen molar-refractivity contribution >= 4 is 29.0 Å². The van der Waals surface area contributed by atoms with Crippen molar-refractivity contribution in [3.63, 3.8) is 0 Å². The van der Waals surface area contributed by atoms with E-state index in [-0.39, 0.29) is 17.9 Å². The van der Waals surface area contributed by atoms with Crippen molar-refractivity contribution in [3.05, 3.63) is 22.7 Å². The van der Waals surface area contributed by atoms with E-state index in [0.717, 1.165) is 18.0 Å². The van der Waals surface area contributed by atoms with Crippen molar-refractivity contribution in [2.75, 3.05) is 32.8 Å². The third-order valence-corrected chi connectivity index (χ3v) is 5.97. The number of hydrogen-bond donors (Lipinski definition) is 1. The van der Waals surface area contributed by atoms with Crippen molar-refractivity contribution < 1.29 is 19.4 Å². The Morgan fingerprint density at radius 2 is 2.15 bits per heavy atom. The second-order valence-corrected chi connectivity index (χ2v) is 7.51. The predicted octanol–water partition coefficient (Wildman–Crippen LogP) is 2.55. The number of rotatable bonds is 5. The van der Waals surface area contributed by atoms with Crippen molar-refractivity contribution in [1.82, 2.24) is 14.8 Å². The van der Waals surface area contributed by atoms with Gasteiger partial charge in [0.05, 0.1) is 6.61 Å². The molecule has 1 amide bonds. The van der Waals surface area contributed by atoms with Gasteiger partial charge in [0.2, 0.25) is 0 Å². The Morgan fingerprint density at radius 3 is 2.69 bits per heavy atom. The molecule has 26 heavy (non-hydrogen) atoms. The zero-order valence-electron chi connectivity index (χ0n) is 15.0. The van der Waals surface area contributed by atoms with E-state index in [1.807, 2.05) is 18.5 Å². The summed E-state index contributed by atoms with van der Waals surface area (Å²) >= 11 is 1.63. The van der Waals surface area contributed by atoms with Crippen LogP contribution in [0.2, 0.25) is 0 Å². The van der Waals surface area contributed by atoms with E-state index < -0.39 is 6.09 Å². The smallest absolute Gasteiger partial charge is 0.407 e. The van der Waals surface area contributed by atoms with Gasteiger partial charge >= 0.3 is 12.1 Å². The molecule has 1 unspecified atom stereocenters. The molecule has 3 heterocycles. The molecule has 1 aromatic rings. The SMILES string of the molecule is CCOC(=O)C(C1CCN(C(=O)O)CC1)N1CC=C(c2nccs2)CC1. The molecule has 2 aliphatic rings. The zero-order chi connectivity index (χ0) is 18.5. The molecular formula is C18H25N3O4S. The molecule has 7 nitrogen and oxygen atoms in total. The second kappa shape index (κ2) is 8.64. The van der Waals surface area contributed by atoms with Crippen LogP contribution in [0.25, 0.3) is 5.57 Å². The summed E-state index contributed by atoms with van der Waals surface area (Å²) in [6.07, 6.45) is 5.32. The Labute approximate surface area is 157 Å². The molecule has 0 aromatic carbocycles. The van der Waals surface area contributed by atoms with Crippen LogP contribution < -0.4 is 0 Å². The fraction of sp³-hybridized carbons (Fsp3) is 0.611. The summed E-state index contributed by atoms with van der Waals surface area (Å²) < 4.78 is 5.34. The molecular weight excluding hydrogens is 354 g/mol. The van der Waals surface area contributed by atoms with Gasteiger partial charge in [-0.05, 0) is 37.7 Å². The van der Waals surface area contributed by atoms with E-state index in [1.54, 1.807) is 11.3 Å². The number of piperidine rings is 1. The molecule has 1 saturated heterocycles. The maximum Gasteiger partial charge on any atom is 0.407 e. The van der Waals surface area contributed by atoms with Crippen LogP contribution in [0.15, 0.2) is 17.7 Å². The molecule has 1 atom stereocenters. The molecule has 2 aliphatic heterocycles. The van der Waals surface area contributed by atoms with Gasteiger partial charge in [-0.25, -0.2) is 9.78 Å². The summed E-state index contributed by atoms with van der Waals surface area (Å²) in [6.45, 7) is 4.61. The number of esters is 1. The number of carboxylic acid groups (broad SMARTS) is 1. The van der Waals surface area contributed by atoms with Crippen LogP contribution in [0.3, 0.4) is 0 Å². The number of carbonyl (C=O) groups is 2. The summed E-state index contributed by atoms with van der Waals surface area (Å²) in [4.78, 5) is 31.7. The molecule has 0 spiro atoms. The number of aromatic nitrogens is 1. The Morgan fingerprint density at radius 1 is 1.38 bits per heavy atom. The van der Waals surface area contributed by atoms with Gasteiger partial charge in [0.1, 0.15) is 11.0 Å². The van der Waals surface area contributed by atoms with E-state index in [4.69, 9.17) is 9.84 Å². The Bertz CT molecular complexity index is 653.